The molecule has 1 aliphatic carbocycles. The number of nitrogen functional groups attached to an aromatic ring is 1. The fourth-order valence-electron chi connectivity index (χ4n) is 4.68. The maximum Gasteiger partial charge on any atom is 0.274 e. The predicted molar refractivity (Wildman–Crippen MR) is 139 cm³/mol. The highest BCUT2D eigenvalue weighted by Gasteiger charge is 2.30. The highest BCUT2D eigenvalue weighted by Crippen LogP contribution is 2.47. The van der Waals surface area contributed by atoms with Crippen LogP contribution in [0.25, 0.3) is 21.2 Å². The smallest absolute Gasteiger partial charge is 0.274 e. The molecule has 7 heteroatoms. The fraction of sp³-hybridized carbons (Fsp3) is 0.259. The molecule has 6 rings (SSSR count). The second-order valence-electron chi connectivity index (χ2n) is 8.90. The molecule has 1 aliphatic heterocycles. The van der Waals surface area contributed by atoms with E-state index in [0.717, 1.165) is 47.5 Å². The van der Waals surface area contributed by atoms with E-state index in [-0.39, 0.29) is 5.91 Å². The number of nitrogens with zero attached hydrogens (tertiary/aromatic N) is 2. The number of nitrogens with one attached hydrogen (secondary N) is 1. The molecule has 172 valence electrons. The van der Waals surface area contributed by atoms with Crippen LogP contribution in [0.4, 0.5) is 17.1 Å². The maximum absolute atomic E-state index is 13.1. The number of hydrogen-bond donors (Lipinski definition) is 2. The average molecular weight is 471 g/mol. The van der Waals surface area contributed by atoms with Gasteiger partial charge in [0.05, 0.1) is 24.6 Å². The molecule has 0 bridgehead atoms. The molecule has 3 heterocycles. The molecule has 0 spiro atoms. The van der Waals surface area contributed by atoms with Crippen molar-refractivity contribution in [3.8, 4) is 10.4 Å². The van der Waals surface area contributed by atoms with Gasteiger partial charge in [-0.25, -0.2) is 0 Å². The quantitative estimate of drug-likeness (QED) is 0.376. The molecular weight excluding hydrogens is 444 g/mol. The minimum absolute atomic E-state index is 0.262. The first-order valence-electron chi connectivity index (χ1n) is 11.7. The third kappa shape index (κ3) is 4.02. The van der Waals surface area contributed by atoms with Gasteiger partial charge in [0.2, 0.25) is 0 Å². The van der Waals surface area contributed by atoms with E-state index in [4.69, 9.17) is 10.5 Å². The lowest BCUT2D eigenvalue weighted by Gasteiger charge is -2.31. The number of anilines is 3. The Bertz CT molecular complexity index is 1360. The normalized spacial score (nSPS) is 16.1. The van der Waals surface area contributed by atoms with Gasteiger partial charge in [0.1, 0.15) is 5.69 Å². The lowest BCUT2D eigenvalue weighted by molar-refractivity contribution is 0.102. The Morgan fingerprint density at radius 1 is 1.12 bits per heavy atom. The Labute approximate surface area is 202 Å². The van der Waals surface area contributed by atoms with E-state index in [1.54, 1.807) is 11.3 Å². The summed E-state index contributed by atoms with van der Waals surface area (Å²) in [4.78, 5) is 21.2. The Kier molecular flexibility index (Phi) is 5.43. The molecule has 1 saturated heterocycles. The van der Waals surface area contributed by atoms with Crippen molar-refractivity contribution >= 4 is 45.1 Å². The number of ether oxygens (including phenoxy) is 1. The highest BCUT2D eigenvalue weighted by molar-refractivity contribution is 7.13. The van der Waals surface area contributed by atoms with Crippen molar-refractivity contribution in [3.05, 3.63) is 71.4 Å². The van der Waals surface area contributed by atoms with Crippen molar-refractivity contribution < 1.29 is 9.53 Å². The second-order valence-corrected chi connectivity index (χ2v) is 9.84. The zero-order chi connectivity index (χ0) is 23.1. The summed E-state index contributed by atoms with van der Waals surface area (Å²) < 4.78 is 5.55. The average Bonchev–Trinajstić information content (AvgIpc) is 3.57. The van der Waals surface area contributed by atoms with Crippen LogP contribution in [0.15, 0.2) is 60.1 Å². The van der Waals surface area contributed by atoms with E-state index in [1.807, 2.05) is 41.9 Å². The molecule has 0 radical (unpaired) electrons. The Morgan fingerprint density at radius 2 is 1.97 bits per heavy atom. The SMILES string of the molecule is Nc1ccc(-c2cccs2)cc1NC(=O)c1cc2ccc(N3CCOCC3)c(C3CC3)c2cn1. The van der Waals surface area contributed by atoms with Crippen LogP contribution in [0.3, 0.4) is 0 Å². The number of benzene rings is 2. The number of aromatic nitrogens is 1. The van der Waals surface area contributed by atoms with Gasteiger partial charge in [0, 0.05) is 35.2 Å². The first kappa shape index (κ1) is 21.1. The van der Waals surface area contributed by atoms with Crippen molar-refractivity contribution in [2.45, 2.75) is 18.8 Å². The fourth-order valence-corrected chi connectivity index (χ4v) is 5.41. The van der Waals surface area contributed by atoms with Crippen molar-refractivity contribution in [3.63, 3.8) is 0 Å². The minimum atomic E-state index is -0.262. The number of morpholine rings is 1. The van der Waals surface area contributed by atoms with Crippen molar-refractivity contribution in [1.29, 1.82) is 0 Å². The number of nitrogens with two attached hydrogens (primary N) is 1. The highest BCUT2D eigenvalue weighted by atomic mass is 32.1. The van der Waals surface area contributed by atoms with Crippen molar-refractivity contribution in [1.82, 2.24) is 4.98 Å². The van der Waals surface area contributed by atoms with Gasteiger partial charge in [-0.2, -0.15) is 0 Å². The van der Waals surface area contributed by atoms with Gasteiger partial charge < -0.3 is 20.7 Å². The molecule has 6 nitrogen and oxygen atoms in total. The van der Waals surface area contributed by atoms with Crippen LogP contribution in [0, 0.1) is 0 Å². The van der Waals surface area contributed by atoms with Crippen LogP contribution < -0.4 is 16.0 Å². The van der Waals surface area contributed by atoms with E-state index < -0.39 is 0 Å². The lowest BCUT2D eigenvalue weighted by atomic mass is 9.99. The van der Waals surface area contributed by atoms with Crippen LogP contribution in [-0.2, 0) is 4.74 Å². The largest absolute Gasteiger partial charge is 0.397 e. The van der Waals surface area contributed by atoms with Gasteiger partial charge in [-0.1, -0.05) is 18.2 Å². The molecule has 2 aromatic heterocycles. The summed E-state index contributed by atoms with van der Waals surface area (Å²) in [6, 6.07) is 16.0. The predicted octanol–water partition coefficient (Wildman–Crippen LogP) is 5.51. The number of carbonyl (C=O) groups excluding carboxylic acids is 1. The van der Waals surface area contributed by atoms with Crippen molar-refractivity contribution in [2.24, 2.45) is 0 Å². The zero-order valence-electron chi connectivity index (χ0n) is 18.8. The van der Waals surface area contributed by atoms with Gasteiger partial charge in [0.15, 0.2) is 0 Å². The summed E-state index contributed by atoms with van der Waals surface area (Å²) in [6.45, 7) is 3.34. The summed E-state index contributed by atoms with van der Waals surface area (Å²) in [5.41, 5.74) is 11.3. The van der Waals surface area contributed by atoms with E-state index in [2.05, 4.69) is 33.4 Å². The molecule has 2 aliphatic rings. The summed E-state index contributed by atoms with van der Waals surface area (Å²) in [5.74, 6) is 0.310. The first-order chi connectivity index (χ1) is 16.7. The molecule has 0 unspecified atom stereocenters. The number of amides is 1. The van der Waals surface area contributed by atoms with Gasteiger partial charge in [-0.15, -0.1) is 11.3 Å². The summed E-state index contributed by atoms with van der Waals surface area (Å²) in [6.07, 6.45) is 4.28. The van der Waals surface area contributed by atoms with E-state index in [0.29, 0.717) is 23.0 Å². The minimum Gasteiger partial charge on any atom is -0.397 e. The zero-order valence-corrected chi connectivity index (χ0v) is 19.6. The number of pyridine rings is 1. The summed E-state index contributed by atoms with van der Waals surface area (Å²) in [7, 11) is 0. The molecule has 3 N–H and O–H groups in total. The Hall–Kier alpha value is -3.42. The van der Waals surface area contributed by atoms with E-state index in [9.17, 15) is 4.79 Å². The number of thiophene rings is 1. The van der Waals surface area contributed by atoms with Crippen LogP contribution >= 0.6 is 11.3 Å². The topological polar surface area (TPSA) is 80.5 Å². The van der Waals surface area contributed by atoms with E-state index >= 15 is 0 Å². The number of rotatable bonds is 5. The maximum atomic E-state index is 13.1. The van der Waals surface area contributed by atoms with Crippen LogP contribution in [0.5, 0.6) is 0 Å². The van der Waals surface area contributed by atoms with Crippen LogP contribution in [-0.4, -0.2) is 37.2 Å². The van der Waals surface area contributed by atoms with Crippen molar-refractivity contribution in [2.75, 3.05) is 42.3 Å². The monoisotopic (exact) mass is 470 g/mol. The molecule has 1 saturated carbocycles. The first-order valence-corrected chi connectivity index (χ1v) is 12.6. The van der Waals surface area contributed by atoms with Gasteiger partial charge in [-0.05, 0) is 71.0 Å². The Balaban J connectivity index is 1.31. The molecule has 2 fully saturated rings. The third-order valence-electron chi connectivity index (χ3n) is 6.60. The summed E-state index contributed by atoms with van der Waals surface area (Å²) in [5, 5.41) is 7.18. The van der Waals surface area contributed by atoms with Crippen LogP contribution in [0.1, 0.15) is 34.8 Å². The number of carbonyl (C=O) groups is 1. The molecular formula is C27H26N4O2S. The summed E-state index contributed by atoms with van der Waals surface area (Å²) >= 11 is 1.65. The standard InChI is InChI=1S/C27H26N4O2S/c28-21-7-5-19(25-2-1-13-34-25)15-22(21)30-27(32)23-14-18-6-8-24(31-9-11-33-12-10-31)26(17-3-4-17)20(18)16-29-23/h1-2,5-8,13-17H,3-4,9-12,28H2,(H,30,32). The third-order valence-corrected chi connectivity index (χ3v) is 7.52. The number of fused-ring (bicyclic) bond motifs is 1. The lowest BCUT2D eigenvalue weighted by Crippen LogP contribution is -2.36. The van der Waals surface area contributed by atoms with E-state index in [1.165, 1.54) is 24.1 Å². The van der Waals surface area contributed by atoms with Gasteiger partial charge >= 0.3 is 0 Å². The molecule has 34 heavy (non-hydrogen) atoms. The number of hydrogen-bond acceptors (Lipinski definition) is 6. The second kappa shape index (κ2) is 8.74. The molecule has 1 amide bonds. The van der Waals surface area contributed by atoms with Gasteiger partial charge in [-0.3, -0.25) is 9.78 Å². The van der Waals surface area contributed by atoms with Gasteiger partial charge in [0.25, 0.3) is 5.91 Å². The van der Waals surface area contributed by atoms with Crippen LogP contribution in [0.2, 0.25) is 0 Å². The Morgan fingerprint density at radius 3 is 2.74 bits per heavy atom. The molecule has 4 aromatic rings. The molecule has 2 aromatic carbocycles. The molecule has 0 atom stereocenters.